The Labute approximate surface area is 152 Å². The molecule has 0 aromatic heterocycles. The molecule has 25 heavy (non-hydrogen) atoms. The lowest BCUT2D eigenvalue weighted by Crippen LogP contribution is -2.15. The number of anilines is 1. The van der Waals surface area contributed by atoms with E-state index in [4.69, 9.17) is 11.6 Å². The van der Waals surface area contributed by atoms with Crippen molar-refractivity contribution < 1.29 is 17.9 Å². The molecule has 2 aromatic rings. The molecule has 0 bridgehead atoms. The number of halogens is 1. The van der Waals surface area contributed by atoms with Gasteiger partial charge in [0.25, 0.3) is 10.0 Å². The van der Waals surface area contributed by atoms with E-state index in [9.17, 15) is 13.2 Å². The van der Waals surface area contributed by atoms with Crippen molar-refractivity contribution >= 4 is 33.3 Å². The van der Waals surface area contributed by atoms with Gasteiger partial charge in [-0.25, -0.2) is 13.2 Å². The molecule has 2 aromatic carbocycles. The number of hydrogen-bond donors (Lipinski definition) is 1. The molecule has 0 saturated carbocycles. The minimum Gasteiger partial charge on any atom is -0.465 e. The minimum atomic E-state index is -3.81. The van der Waals surface area contributed by atoms with Gasteiger partial charge < -0.3 is 4.74 Å². The fourth-order valence-corrected chi connectivity index (χ4v) is 4.27. The van der Waals surface area contributed by atoms with Crippen molar-refractivity contribution in [3.05, 3.63) is 58.1 Å². The van der Waals surface area contributed by atoms with Crippen LogP contribution in [0.25, 0.3) is 0 Å². The summed E-state index contributed by atoms with van der Waals surface area (Å²) in [5.41, 5.74) is 2.64. The molecule has 0 radical (unpaired) electrons. The van der Waals surface area contributed by atoms with Gasteiger partial charge in [-0.2, -0.15) is 0 Å². The van der Waals surface area contributed by atoms with E-state index >= 15 is 0 Å². The van der Waals surface area contributed by atoms with Crippen LogP contribution in [0.1, 0.15) is 34.3 Å². The third-order valence-electron chi connectivity index (χ3n) is 4.26. The Morgan fingerprint density at radius 1 is 1.08 bits per heavy atom. The number of carbonyl (C=O) groups excluding carboxylic acids is 1. The fourth-order valence-electron chi connectivity index (χ4n) is 2.93. The van der Waals surface area contributed by atoms with Crippen LogP contribution < -0.4 is 4.72 Å². The summed E-state index contributed by atoms with van der Waals surface area (Å²) in [6, 6.07) is 9.49. The number of methoxy groups -OCH3 is 1. The van der Waals surface area contributed by atoms with Crippen molar-refractivity contribution in [1.82, 2.24) is 0 Å². The maximum absolute atomic E-state index is 12.7. The van der Waals surface area contributed by atoms with Crippen molar-refractivity contribution in [2.45, 2.75) is 30.6 Å². The predicted molar refractivity (Wildman–Crippen MR) is 96.7 cm³/mol. The van der Waals surface area contributed by atoms with Gasteiger partial charge in [-0.05, 0) is 67.1 Å². The summed E-state index contributed by atoms with van der Waals surface area (Å²) in [6.45, 7) is 0. The third kappa shape index (κ3) is 3.80. The number of benzene rings is 2. The second-order valence-corrected chi connectivity index (χ2v) is 8.02. The number of ether oxygens (including phenoxy) is 1. The summed E-state index contributed by atoms with van der Waals surface area (Å²) in [5, 5.41) is 0.203. The number of aryl methyl sites for hydroxylation is 2. The number of esters is 1. The molecule has 7 heteroatoms. The molecule has 0 aliphatic heterocycles. The van der Waals surface area contributed by atoms with E-state index in [2.05, 4.69) is 9.46 Å². The number of nitrogens with one attached hydrogen (secondary N) is 1. The molecule has 0 unspecified atom stereocenters. The molecule has 0 heterocycles. The number of sulfonamides is 1. The van der Waals surface area contributed by atoms with Crippen LogP contribution >= 0.6 is 11.6 Å². The largest absolute Gasteiger partial charge is 0.465 e. The molecule has 1 aliphatic rings. The lowest BCUT2D eigenvalue weighted by molar-refractivity contribution is 0.0601. The van der Waals surface area contributed by atoms with Crippen molar-refractivity contribution in [1.29, 1.82) is 0 Å². The highest BCUT2D eigenvalue weighted by atomic mass is 35.5. The van der Waals surface area contributed by atoms with E-state index < -0.39 is 16.0 Å². The molecule has 0 saturated heterocycles. The molecule has 0 amide bonds. The average Bonchev–Trinajstić information content (AvgIpc) is 2.62. The zero-order valence-electron chi connectivity index (χ0n) is 13.7. The molecular formula is C18H18ClNO4S. The maximum Gasteiger partial charge on any atom is 0.337 e. The number of hydrogen-bond acceptors (Lipinski definition) is 4. The van der Waals surface area contributed by atoms with Crippen LogP contribution in [0, 0.1) is 0 Å². The molecule has 3 rings (SSSR count). The molecule has 0 fully saturated rings. The summed E-state index contributed by atoms with van der Waals surface area (Å²) in [5.74, 6) is -0.564. The molecule has 0 atom stereocenters. The monoisotopic (exact) mass is 379 g/mol. The Morgan fingerprint density at radius 3 is 2.52 bits per heavy atom. The molecule has 132 valence electrons. The molecule has 0 spiro atoms. The van der Waals surface area contributed by atoms with Gasteiger partial charge in [-0.15, -0.1) is 0 Å². The van der Waals surface area contributed by atoms with E-state index in [1.54, 1.807) is 12.1 Å². The van der Waals surface area contributed by atoms with Crippen LogP contribution in [0.3, 0.4) is 0 Å². The molecule has 5 nitrogen and oxygen atoms in total. The van der Waals surface area contributed by atoms with Crippen LogP contribution in [0.4, 0.5) is 5.69 Å². The van der Waals surface area contributed by atoms with E-state index in [0.717, 1.165) is 31.2 Å². The zero-order valence-corrected chi connectivity index (χ0v) is 15.3. The van der Waals surface area contributed by atoms with Crippen molar-refractivity contribution in [2.75, 3.05) is 11.8 Å². The van der Waals surface area contributed by atoms with Crippen LogP contribution in [0.5, 0.6) is 0 Å². The lowest BCUT2D eigenvalue weighted by atomic mass is 9.92. The molecule has 1 N–H and O–H groups in total. The van der Waals surface area contributed by atoms with Crippen LogP contribution in [0.2, 0.25) is 5.02 Å². The normalized spacial score (nSPS) is 13.8. The predicted octanol–water partition coefficient (Wildman–Crippen LogP) is 3.81. The van der Waals surface area contributed by atoms with Crippen LogP contribution in [-0.2, 0) is 27.6 Å². The first-order valence-corrected chi connectivity index (χ1v) is 9.79. The summed E-state index contributed by atoms with van der Waals surface area (Å²) in [4.78, 5) is 11.8. The van der Waals surface area contributed by atoms with Gasteiger partial charge in [0.2, 0.25) is 0 Å². The first-order valence-electron chi connectivity index (χ1n) is 7.93. The summed E-state index contributed by atoms with van der Waals surface area (Å²) in [7, 11) is -2.55. The van der Waals surface area contributed by atoms with Crippen molar-refractivity contribution in [3.8, 4) is 0 Å². The van der Waals surface area contributed by atoms with Gasteiger partial charge >= 0.3 is 5.97 Å². The zero-order chi connectivity index (χ0) is 18.0. The standard InChI is InChI=1S/C18H18ClNO4S/c1-24-18(21)14-7-9-16(19)17(11-14)20-25(22,23)15-8-6-12-4-2-3-5-13(12)10-15/h6-11,20H,2-5H2,1H3. The maximum atomic E-state index is 12.7. The number of rotatable bonds is 4. The van der Waals surface area contributed by atoms with Crippen molar-refractivity contribution in [2.24, 2.45) is 0 Å². The van der Waals surface area contributed by atoms with Crippen LogP contribution in [0.15, 0.2) is 41.3 Å². The van der Waals surface area contributed by atoms with Gasteiger partial charge in [-0.1, -0.05) is 17.7 Å². The highest BCUT2D eigenvalue weighted by molar-refractivity contribution is 7.92. The highest BCUT2D eigenvalue weighted by Crippen LogP contribution is 2.28. The van der Waals surface area contributed by atoms with Gasteiger partial charge in [-0.3, -0.25) is 4.72 Å². The molecule has 1 aliphatic carbocycles. The summed E-state index contributed by atoms with van der Waals surface area (Å²) in [6.07, 6.45) is 4.07. The van der Waals surface area contributed by atoms with E-state index in [1.807, 2.05) is 6.07 Å². The third-order valence-corrected chi connectivity index (χ3v) is 5.95. The van der Waals surface area contributed by atoms with E-state index in [-0.39, 0.29) is 21.2 Å². The average molecular weight is 380 g/mol. The Morgan fingerprint density at radius 2 is 1.80 bits per heavy atom. The Bertz CT molecular complexity index is 925. The fraction of sp³-hybridized carbons (Fsp3) is 0.278. The van der Waals surface area contributed by atoms with Gasteiger partial charge in [0, 0.05) is 0 Å². The van der Waals surface area contributed by atoms with Crippen LogP contribution in [-0.4, -0.2) is 21.5 Å². The van der Waals surface area contributed by atoms with Gasteiger partial charge in [0.1, 0.15) is 0 Å². The second kappa shape index (κ2) is 7.06. The minimum absolute atomic E-state index is 0.141. The topological polar surface area (TPSA) is 72.5 Å². The SMILES string of the molecule is COC(=O)c1ccc(Cl)c(NS(=O)(=O)c2ccc3c(c2)CCCC3)c1. The second-order valence-electron chi connectivity index (χ2n) is 5.93. The Kier molecular flexibility index (Phi) is 5.01. The van der Waals surface area contributed by atoms with Gasteiger partial charge in [0.15, 0.2) is 0 Å². The number of fused-ring (bicyclic) bond motifs is 1. The summed E-state index contributed by atoms with van der Waals surface area (Å²) < 4.78 is 32.5. The van der Waals surface area contributed by atoms with Gasteiger partial charge in [0.05, 0.1) is 28.3 Å². The summed E-state index contributed by atoms with van der Waals surface area (Å²) >= 11 is 6.07. The Balaban J connectivity index is 1.93. The highest BCUT2D eigenvalue weighted by Gasteiger charge is 2.20. The van der Waals surface area contributed by atoms with E-state index in [1.165, 1.54) is 30.9 Å². The van der Waals surface area contributed by atoms with Crippen molar-refractivity contribution in [3.63, 3.8) is 0 Å². The first kappa shape index (κ1) is 17.8. The lowest BCUT2D eigenvalue weighted by Gasteiger charge is -2.17. The Hall–Kier alpha value is -2.05. The smallest absolute Gasteiger partial charge is 0.337 e. The molecular weight excluding hydrogens is 362 g/mol. The van der Waals surface area contributed by atoms with E-state index in [0.29, 0.717) is 0 Å². The number of carbonyl (C=O) groups is 1. The first-order chi connectivity index (χ1) is 11.9. The quantitative estimate of drug-likeness (QED) is 0.820.